The fourth-order valence-corrected chi connectivity index (χ4v) is 6.70. The van der Waals surface area contributed by atoms with Crippen LogP contribution in [0.25, 0.3) is 11.1 Å². The number of nitrogens with zero attached hydrogens (tertiary/aromatic N) is 2. The van der Waals surface area contributed by atoms with Crippen LogP contribution < -0.4 is 16.0 Å². The number of fused-ring (bicyclic) bond motifs is 2. The van der Waals surface area contributed by atoms with E-state index < -0.39 is 17.2 Å². The highest BCUT2D eigenvalue weighted by Gasteiger charge is 2.47. The molecular weight excluding hydrogens is 523 g/mol. The van der Waals surface area contributed by atoms with Gasteiger partial charge in [-0.3, -0.25) is 4.79 Å². The highest BCUT2D eigenvalue weighted by atomic mass is 32.2. The van der Waals surface area contributed by atoms with Crippen molar-refractivity contribution in [2.45, 2.75) is 48.2 Å². The minimum Gasteiger partial charge on any atom is -0.367 e. The van der Waals surface area contributed by atoms with Crippen LogP contribution in [-0.4, -0.2) is 47.4 Å². The summed E-state index contributed by atoms with van der Waals surface area (Å²) in [6, 6.07) is 17.5. The Labute approximate surface area is 229 Å². The van der Waals surface area contributed by atoms with Crippen LogP contribution >= 0.6 is 11.9 Å². The van der Waals surface area contributed by atoms with Crippen molar-refractivity contribution in [1.29, 1.82) is 0 Å². The molecule has 3 aliphatic heterocycles. The Hall–Kier alpha value is -3.08. The van der Waals surface area contributed by atoms with E-state index in [1.807, 2.05) is 6.07 Å². The molecule has 0 bridgehead atoms. The summed E-state index contributed by atoms with van der Waals surface area (Å²) in [5.74, 6) is 0.597. The number of benzene rings is 2. The average molecular weight is 554 g/mol. The quantitative estimate of drug-likeness (QED) is 0.341. The monoisotopic (exact) mass is 553 g/mol. The first-order valence-corrected chi connectivity index (χ1v) is 14.1. The minimum atomic E-state index is -4.37. The third kappa shape index (κ3) is 5.37. The van der Waals surface area contributed by atoms with Gasteiger partial charge in [0, 0.05) is 35.9 Å². The van der Waals surface area contributed by atoms with Crippen LogP contribution in [0.1, 0.15) is 36.8 Å². The Balaban J connectivity index is 1.05. The topological polar surface area (TPSA) is 69.3 Å². The Kier molecular flexibility index (Phi) is 7.03. The zero-order chi connectivity index (χ0) is 27.0. The van der Waals surface area contributed by atoms with Crippen molar-refractivity contribution in [3.05, 3.63) is 71.9 Å². The Morgan fingerprint density at radius 3 is 2.36 bits per heavy atom. The van der Waals surface area contributed by atoms with Crippen LogP contribution in [-0.2, 0) is 16.4 Å². The molecule has 0 aliphatic carbocycles. The summed E-state index contributed by atoms with van der Waals surface area (Å²) >= 11 is 1.72. The number of hydrogen-bond donors (Lipinski definition) is 3. The van der Waals surface area contributed by atoms with Crippen LogP contribution in [0.15, 0.2) is 65.7 Å². The van der Waals surface area contributed by atoms with Crippen molar-refractivity contribution in [1.82, 2.24) is 14.6 Å². The largest absolute Gasteiger partial charge is 0.417 e. The number of nitrogens with one attached hydrogen (secondary N) is 3. The summed E-state index contributed by atoms with van der Waals surface area (Å²) < 4.78 is 40.6. The van der Waals surface area contributed by atoms with Crippen molar-refractivity contribution in [2.24, 2.45) is 0 Å². The second-order valence-corrected chi connectivity index (χ2v) is 11.6. The Morgan fingerprint density at radius 2 is 1.69 bits per heavy atom. The molecule has 2 aromatic carbocycles. The molecule has 1 spiro atoms. The molecule has 39 heavy (non-hydrogen) atoms. The molecule has 4 heterocycles. The zero-order valence-electron chi connectivity index (χ0n) is 21.4. The van der Waals surface area contributed by atoms with Gasteiger partial charge in [-0.05, 0) is 104 Å². The van der Waals surface area contributed by atoms with Crippen molar-refractivity contribution in [3.63, 3.8) is 0 Å². The van der Waals surface area contributed by atoms with Gasteiger partial charge in [0.2, 0.25) is 5.91 Å². The summed E-state index contributed by atoms with van der Waals surface area (Å²) in [6.45, 7) is 3.44. The maximum atomic E-state index is 12.9. The number of amides is 1. The van der Waals surface area contributed by atoms with Crippen molar-refractivity contribution in [2.75, 3.05) is 36.8 Å². The van der Waals surface area contributed by atoms with E-state index in [-0.39, 0.29) is 11.9 Å². The number of aromatic nitrogens is 1. The Bertz CT molecular complexity index is 1330. The van der Waals surface area contributed by atoms with E-state index >= 15 is 0 Å². The first-order valence-electron chi connectivity index (χ1n) is 13.3. The SMILES string of the molecule is O=C1Nc2ccc(-c3ccc(SN4CCC(Nc5ccc(C(F)(F)F)cn5)CC4)cc3)cc2C12CCNCC2. The zero-order valence-corrected chi connectivity index (χ0v) is 22.2. The lowest BCUT2D eigenvalue weighted by Gasteiger charge is -2.32. The van der Waals surface area contributed by atoms with Crippen LogP contribution in [0.4, 0.5) is 24.7 Å². The second-order valence-electron chi connectivity index (χ2n) is 10.4. The maximum Gasteiger partial charge on any atom is 0.417 e. The molecule has 1 aromatic heterocycles. The van der Waals surface area contributed by atoms with Gasteiger partial charge in [0.05, 0.1) is 11.0 Å². The molecule has 204 valence electrons. The van der Waals surface area contributed by atoms with Gasteiger partial charge in [-0.2, -0.15) is 13.2 Å². The third-order valence-corrected chi connectivity index (χ3v) is 9.10. The first-order chi connectivity index (χ1) is 18.8. The van der Waals surface area contributed by atoms with E-state index in [0.717, 1.165) is 91.4 Å². The van der Waals surface area contributed by atoms with E-state index in [1.54, 1.807) is 11.9 Å². The minimum absolute atomic E-state index is 0.123. The number of carbonyl (C=O) groups excluding carboxylic acids is 1. The fourth-order valence-electron chi connectivity index (χ4n) is 5.75. The van der Waals surface area contributed by atoms with E-state index in [1.165, 1.54) is 6.07 Å². The molecule has 6 nitrogen and oxygen atoms in total. The normalized spacial score (nSPS) is 19.6. The van der Waals surface area contributed by atoms with Gasteiger partial charge < -0.3 is 16.0 Å². The number of alkyl halides is 3. The highest BCUT2D eigenvalue weighted by Crippen LogP contribution is 2.45. The summed E-state index contributed by atoms with van der Waals surface area (Å²) in [5, 5.41) is 9.72. The number of anilines is 2. The lowest BCUT2D eigenvalue weighted by Crippen LogP contribution is -2.44. The molecule has 0 unspecified atom stereocenters. The fraction of sp³-hybridized carbons (Fsp3) is 0.379. The molecular formula is C29H30F3N5OS. The summed E-state index contributed by atoms with van der Waals surface area (Å²) in [5.41, 5.74) is 3.13. The van der Waals surface area contributed by atoms with Crippen LogP contribution in [0.5, 0.6) is 0 Å². The number of piperidine rings is 2. The van der Waals surface area contributed by atoms with Crippen molar-refractivity contribution >= 4 is 29.4 Å². The predicted molar refractivity (Wildman–Crippen MR) is 148 cm³/mol. The number of hydrogen-bond acceptors (Lipinski definition) is 6. The molecule has 0 saturated carbocycles. The van der Waals surface area contributed by atoms with Gasteiger partial charge in [0.1, 0.15) is 5.82 Å². The summed E-state index contributed by atoms with van der Waals surface area (Å²) in [4.78, 5) is 17.9. The number of pyridine rings is 1. The molecule has 3 aliphatic rings. The standard InChI is InChI=1S/C29H30F3N5OS/c30-29(31,32)21-4-8-26(34-18-21)35-22-9-15-37(16-10-22)39-23-5-1-19(2-6-23)20-3-7-25-24(17-20)28(27(38)36-25)11-13-33-14-12-28/h1-8,17-18,22,33H,9-16H2,(H,34,35)(H,36,38). The average Bonchev–Trinajstić information content (AvgIpc) is 3.20. The predicted octanol–water partition coefficient (Wildman–Crippen LogP) is 5.92. The molecule has 1 amide bonds. The second kappa shape index (κ2) is 10.5. The first kappa shape index (κ1) is 26.2. The smallest absolute Gasteiger partial charge is 0.367 e. The van der Waals surface area contributed by atoms with Gasteiger partial charge in [-0.25, -0.2) is 9.29 Å². The number of halogens is 3. The lowest BCUT2D eigenvalue weighted by molar-refractivity contribution is -0.137. The number of rotatable bonds is 5. The van der Waals surface area contributed by atoms with Crippen molar-refractivity contribution < 1.29 is 18.0 Å². The highest BCUT2D eigenvalue weighted by molar-refractivity contribution is 7.97. The van der Waals surface area contributed by atoms with E-state index in [4.69, 9.17) is 0 Å². The van der Waals surface area contributed by atoms with Gasteiger partial charge in [0.25, 0.3) is 0 Å². The number of carbonyl (C=O) groups is 1. The third-order valence-electron chi connectivity index (χ3n) is 7.99. The summed E-state index contributed by atoms with van der Waals surface area (Å²) in [7, 11) is 0. The van der Waals surface area contributed by atoms with Gasteiger partial charge in [-0.15, -0.1) is 0 Å². The van der Waals surface area contributed by atoms with E-state index in [0.29, 0.717) is 5.82 Å². The molecule has 0 radical (unpaired) electrons. The molecule has 0 atom stereocenters. The molecule has 2 fully saturated rings. The van der Waals surface area contributed by atoms with Crippen LogP contribution in [0, 0.1) is 0 Å². The van der Waals surface area contributed by atoms with Crippen LogP contribution in [0.2, 0.25) is 0 Å². The molecule has 2 saturated heterocycles. The van der Waals surface area contributed by atoms with Crippen LogP contribution in [0.3, 0.4) is 0 Å². The maximum absolute atomic E-state index is 12.9. The molecule has 10 heteroatoms. The Morgan fingerprint density at radius 1 is 0.974 bits per heavy atom. The van der Waals surface area contributed by atoms with Gasteiger partial charge in [0.15, 0.2) is 0 Å². The van der Waals surface area contributed by atoms with Gasteiger partial charge >= 0.3 is 6.18 Å². The molecule has 6 rings (SSSR count). The van der Waals surface area contributed by atoms with E-state index in [2.05, 4.69) is 61.6 Å². The molecule has 3 N–H and O–H groups in total. The van der Waals surface area contributed by atoms with Gasteiger partial charge in [-0.1, -0.05) is 18.2 Å². The van der Waals surface area contributed by atoms with Crippen molar-refractivity contribution in [3.8, 4) is 11.1 Å². The van der Waals surface area contributed by atoms with E-state index in [9.17, 15) is 18.0 Å². The molecule has 3 aromatic rings. The summed E-state index contributed by atoms with van der Waals surface area (Å²) in [6.07, 6.45) is -0.0988. The lowest BCUT2D eigenvalue weighted by atomic mass is 9.73.